The molecule has 3 heteroatoms. The number of nitrogens with one attached hydrogen (secondary N) is 1. The number of benzene rings is 2. The van der Waals surface area contributed by atoms with Gasteiger partial charge in [-0.2, -0.15) is 0 Å². The van der Waals surface area contributed by atoms with E-state index in [9.17, 15) is 5.11 Å². The van der Waals surface area contributed by atoms with Gasteiger partial charge in [0.2, 0.25) is 0 Å². The number of phenolic OH excluding ortho intramolecular Hbond substituents is 1. The highest BCUT2D eigenvalue weighted by Crippen LogP contribution is 2.31. The summed E-state index contributed by atoms with van der Waals surface area (Å²) in [4.78, 5) is 0. The van der Waals surface area contributed by atoms with E-state index in [0.717, 1.165) is 16.9 Å². The molecule has 0 atom stereocenters. The van der Waals surface area contributed by atoms with Crippen molar-refractivity contribution in [1.29, 1.82) is 0 Å². The first kappa shape index (κ1) is 10.8. The van der Waals surface area contributed by atoms with E-state index in [-0.39, 0.29) is 5.75 Å². The number of aromatic hydroxyl groups is 1. The van der Waals surface area contributed by atoms with Gasteiger partial charge in [-0.15, -0.1) is 0 Å². The molecule has 0 saturated heterocycles. The Morgan fingerprint density at radius 3 is 2.38 bits per heavy atom. The molecule has 16 heavy (non-hydrogen) atoms. The fourth-order valence-electron chi connectivity index (χ4n) is 1.51. The quantitative estimate of drug-likeness (QED) is 0.819. The lowest BCUT2D eigenvalue weighted by atomic mass is 10.2. The summed E-state index contributed by atoms with van der Waals surface area (Å²) >= 11 is 5.87. The maximum atomic E-state index is 9.59. The highest BCUT2D eigenvalue weighted by Gasteiger charge is 2.04. The Bertz CT molecular complexity index is 474. The standard InChI is InChI=1S/C13H12ClNO/c1-9-7-11(8-12(16)13(9)14)15-10-5-3-2-4-6-10/h2-8,15-16H,1H3. The molecule has 2 rings (SSSR count). The Balaban J connectivity index is 2.29. The third kappa shape index (κ3) is 2.28. The van der Waals surface area contributed by atoms with E-state index < -0.39 is 0 Å². The van der Waals surface area contributed by atoms with Gasteiger partial charge in [0.05, 0.1) is 5.02 Å². The first-order valence-electron chi connectivity index (χ1n) is 4.98. The summed E-state index contributed by atoms with van der Waals surface area (Å²) in [6, 6.07) is 13.3. The van der Waals surface area contributed by atoms with Gasteiger partial charge < -0.3 is 10.4 Å². The molecule has 0 spiro atoms. The Kier molecular flexibility index (Phi) is 3.02. The van der Waals surface area contributed by atoms with Crippen molar-refractivity contribution >= 4 is 23.0 Å². The van der Waals surface area contributed by atoms with Crippen LogP contribution in [0.1, 0.15) is 5.56 Å². The molecular formula is C13H12ClNO. The van der Waals surface area contributed by atoms with Gasteiger partial charge in [0.1, 0.15) is 5.75 Å². The van der Waals surface area contributed by atoms with Crippen molar-refractivity contribution in [2.75, 3.05) is 5.32 Å². The zero-order chi connectivity index (χ0) is 11.5. The van der Waals surface area contributed by atoms with Crippen LogP contribution in [-0.4, -0.2) is 5.11 Å². The highest BCUT2D eigenvalue weighted by atomic mass is 35.5. The number of phenols is 1. The lowest BCUT2D eigenvalue weighted by molar-refractivity contribution is 0.475. The predicted octanol–water partition coefficient (Wildman–Crippen LogP) is 4.10. The van der Waals surface area contributed by atoms with E-state index in [1.165, 1.54) is 0 Å². The molecule has 0 unspecified atom stereocenters. The number of halogens is 1. The zero-order valence-corrected chi connectivity index (χ0v) is 9.62. The molecule has 0 aliphatic rings. The number of aryl methyl sites for hydroxylation is 1. The van der Waals surface area contributed by atoms with Crippen molar-refractivity contribution in [2.24, 2.45) is 0 Å². The van der Waals surface area contributed by atoms with Crippen molar-refractivity contribution < 1.29 is 5.11 Å². The molecule has 0 radical (unpaired) electrons. The second-order valence-electron chi connectivity index (χ2n) is 3.62. The number of para-hydroxylation sites is 1. The van der Waals surface area contributed by atoms with Crippen molar-refractivity contribution in [2.45, 2.75) is 6.92 Å². The van der Waals surface area contributed by atoms with Crippen LogP contribution in [0.25, 0.3) is 0 Å². The van der Waals surface area contributed by atoms with Crippen LogP contribution in [0, 0.1) is 6.92 Å². The van der Waals surface area contributed by atoms with Crippen LogP contribution in [0.2, 0.25) is 5.02 Å². The third-order valence-corrected chi connectivity index (χ3v) is 2.79. The molecule has 0 amide bonds. The van der Waals surface area contributed by atoms with Gasteiger partial charge in [0.15, 0.2) is 0 Å². The molecule has 82 valence electrons. The Hall–Kier alpha value is -1.67. The summed E-state index contributed by atoms with van der Waals surface area (Å²) in [5.74, 6) is 0.0973. The monoisotopic (exact) mass is 233 g/mol. The molecule has 0 aliphatic heterocycles. The van der Waals surface area contributed by atoms with Gasteiger partial charge in [0.25, 0.3) is 0 Å². The minimum absolute atomic E-state index is 0.0973. The molecule has 0 fully saturated rings. The predicted molar refractivity (Wildman–Crippen MR) is 67.6 cm³/mol. The fourth-order valence-corrected chi connectivity index (χ4v) is 1.62. The van der Waals surface area contributed by atoms with Gasteiger partial charge in [-0.05, 0) is 30.7 Å². The normalized spacial score (nSPS) is 10.1. The van der Waals surface area contributed by atoms with Crippen LogP contribution in [0.4, 0.5) is 11.4 Å². The Morgan fingerprint density at radius 2 is 1.75 bits per heavy atom. The van der Waals surface area contributed by atoms with Gasteiger partial charge in [-0.1, -0.05) is 29.8 Å². The number of rotatable bonds is 2. The van der Waals surface area contributed by atoms with Gasteiger partial charge in [-0.3, -0.25) is 0 Å². The lowest BCUT2D eigenvalue weighted by Gasteiger charge is -2.09. The molecule has 2 N–H and O–H groups in total. The van der Waals surface area contributed by atoms with Crippen molar-refractivity contribution in [1.82, 2.24) is 0 Å². The van der Waals surface area contributed by atoms with Crippen LogP contribution < -0.4 is 5.32 Å². The second-order valence-corrected chi connectivity index (χ2v) is 4.00. The Morgan fingerprint density at radius 1 is 1.06 bits per heavy atom. The molecular weight excluding hydrogens is 222 g/mol. The molecule has 2 aromatic carbocycles. The summed E-state index contributed by atoms with van der Waals surface area (Å²) < 4.78 is 0. The minimum atomic E-state index is 0.0973. The second kappa shape index (κ2) is 4.45. The van der Waals surface area contributed by atoms with Crippen LogP contribution in [0.5, 0.6) is 5.75 Å². The molecule has 0 aromatic heterocycles. The topological polar surface area (TPSA) is 32.3 Å². The average Bonchev–Trinajstić information content (AvgIpc) is 2.27. The molecule has 2 aromatic rings. The van der Waals surface area contributed by atoms with E-state index >= 15 is 0 Å². The number of hydrogen-bond donors (Lipinski definition) is 2. The van der Waals surface area contributed by atoms with E-state index in [1.807, 2.05) is 43.3 Å². The summed E-state index contributed by atoms with van der Waals surface area (Å²) in [7, 11) is 0. The number of anilines is 2. The summed E-state index contributed by atoms with van der Waals surface area (Å²) in [6.45, 7) is 1.86. The van der Waals surface area contributed by atoms with Crippen LogP contribution in [-0.2, 0) is 0 Å². The molecule has 2 nitrogen and oxygen atoms in total. The fraction of sp³-hybridized carbons (Fsp3) is 0.0769. The molecule has 0 saturated carbocycles. The van der Waals surface area contributed by atoms with E-state index in [0.29, 0.717) is 5.02 Å². The lowest BCUT2D eigenvalue weighted by Crippen LogP contribution is -1.90. The van der Waals surface area contributed by atoms with Gasteiger partial charge in [0, 0.05) is 17.4 Å². The van der Waals surface area contributed by atoms with E-state index in [2.05, 4.69) is 5.32 Å². The maximum Gasteiger partial charge on any atom is 0.136 e. The molecule has 0 aliphatic carbocycles. The summed E-state index contributed by atoms with van der Waals surface area (Å²) in [6.07, 6.45) is 0. The van der Waals surface area contributed by atoms with Gasteiger partial charge in [-0.25, -0.2) is 0 Å². The van der Waals surface area contributed by atoms with Gasteiger partial charge >= 0.3 is 0 Å². The molecule has 0 heterocycles. The average molecular weight is 234 g/mol. The molecule has 0 bridgehead atoms. The summed E-state index contributed by atoms with van der Waals surface area (Å²) in [5, 5.41) is 13.2. The largest absolute Gasteiger partial charge is 0.506 e. The van der Waals surface area contributed by atoms with Crippen LogP contribution in [0.3, 0.4) is 0 Å². The van der Waals surface area contributed by atoms with Crippen molar-refractivity contribution in [3.8, 4) is 5.75 Å². The first-order valence-corrected chi connectivity index (χ1v) is 5.36. The van der Waals surface area contributed by atoms with E-state index in [1.54, 1.807) is 6.07 Å². The SMILES string of the molecule is Cc1cc(Nc2ccccc2)cc(O)c1Cl. The third-order valence-electron chi connectivity index (χ3n) is 2.30. The Labute approximate surface area is 99.5 Å². The minimum Gasteiger partial charge on any atom is -0.506 e. The van der Waals surface area contributed by atoms with Crippen molar-refractivity contribution in [3.05, 3.63) is 53.1 Å². The highest BCUT2D eigenvalue weighted by molar-refractivity contribution is 6.32. The van der Waals surface area contributed by atoms with E-state index in [4.69, 9.17) is 11.6 Å². The summed E-state index contributed by atoms with van der Waals surface area (Å²) in [5.41, 5.74) is 2.65. The van der Waals surface area contributed by atoms with Crippen LogP contribution in [0.15, 0.2) is 42.5 Å². The maximum absolute atomic E-state index is 9.59. The van der Waals surface area contributed by atoms with Crippen LogP contribution >= 0.6 is 11.6 Å². The zero-order valence-electron chi connectivity index (χ0n) is 8.87. The first-order chi connectivity index (χ1) is 7.66. The van der Waals surface area contributed by atoms with Crippen molar-refractivity contribution in [3.63, 3.8) is 0 Å². The number of hydrogen-bond acceptors (Lipinski definition) is 2. The smallest absolute Gasteiger partial charge is 0.136 e.